The minimum Gasteiger partial charge on any atom is -0.477 e. The third kappa shape index (κ3) is 1.72. The van der Waals surface area contributed by atoms with Gasteiger partial charge < -0.3 is 21.4 Å². The average molecular weight is 173 g/mol. The van der Waals surface area contributed by atoms with Gasteiger partial charge in [0.05, 0.1) is 0 Å². The number of rotatable bonds is 2. The van der Waals surface area contributed by atoms with Crippen LogP contribution < -0.4 is 11.5 Å². The van der Waals surface area contributed by atoms with E-state index in [1.165, 1.54) is 0 Å². The second-order valence-electron chi connectivity index (χ2n) is 3.01. The normalized spacial score (nSPS) is 23.2. The summed E-state index contributed by atoms with van der Waals surface area (Å²) in [5, 5.41) is 11.8. The first-order valence-electron chi connectivity index (χ1n) is 3.45. The van der Waals surface area contributed by atoms with E-state index in [1.54, 1.807) is 6.92 Å². The lowest BCUT2D eigenvalue weighted by Crippen LogP contribution is -2.56. The van der Waals surface area contributed by atoms with E-state index in [9.17, 15) is 4.79 Å². The molecule has 5 N–H and O–H groups in total. The van der Waals surface area contributed by atoms with Crippen LogP contribution in [0.25, 0.3) is 0 Å². The lowest BCUT2D eigenvalue weighted by Gasteiger charge is -2.23. The van der Waals surface area contributed by atoms with Crippen molar-refractivity contribution in [3.05, 3.63) is 0 Å². The molecule has 0 amide bonds. The lowest BCUT2D eigenvalue weighted by molar-refractivity contribution is -0.129. The van der Waals surface area contributed by atoms with Crippen molar-refractivity contribution in [1.82, 2.24) is 0 Å². The van der Waals surface area contributed by atoms with Gasteiger partial charge in [-0.15, -0.1) is 0 Å². The molecule has 0 aliphatic carbocycles. The van der Waals surface area contributed by atoms with Gasteiger partial charge in [0.15, 0.2) is 11.8 Å². The van der Waals surface area contributed by atoms with E-state index in [0.29, 0.717) is 0 Å². The number of hydrogen-bond acceptors (Lipinski definition) is 5. The van der Waals surface area contributed by atoms with Crippen LogP contribution in [-0.4, -0.2) is 28.6 Å². The molecule has 0 aromatic heterocycles. The second-order valence-corrected chi connectivity index (χ2v) is 3.01. The summed E-state index contributed by atoms with van der Waals surface area (Å²) in [4.78, 5) is 15.1. The number of oxime groups is 1. The summed E-state index contributed by atoms with van der Waals surface area (Å²) in [6, 6.07) is 0. The number of hydrogen-bond donors (Lipinski definition) is 3. The molecule has 0 saturated carbocycles. The van der Waals surface area contributed by atoms with Gasteiger partial charge in [-0.3, -0.25) is 0 Å². The Morgan fingerprint density at radius 1 is 1.83 bits per heavy atom. The topological polar surface area (TPSA) is 111 Å². The van der Waals surface area contributed by atoms with Crippen LogP contribution in [0.1, 0.15) is 13.3 Å². The first kappa shape index (κ1) is 8.95. The first-order chi connectivity index (χ1) is 5.41. The largest absolute Gasteiger partial charge is 0.477 e. The number of nitrogens with two attached hydrogens (primary N) is 2. The molecule has 0 aromatic rings. The molecule has 6 heteroatoms. The van der Waals surface area contributed by atoms with Gasteiger partial charge in [0.1, 0.15) is 5.66 Å². The summed E-state index contributed by atoms with van der Waals surface area (Å²) < 4.78 is 0. The average Bonchev–Trinajstić information content (AvgIpc) is 2.30. The van der Waals surface area contributed by atoms with E-state index in [1.807, 2.05) is 0 Å². The molecule has 6 nitrogen and oxygen atoms in total. The van der Waals surface area contributed by atoms with Gasteiger partial charge in [0.2, 0.25) is 0 Å². The minimum atomic E-state index is -1.10. The molecule has 1 aliphatic rings. The summed E-state index contributed by atoms with van der Waals surface area (Å²) in [6.45, 7) is 1.55. The van der Waals surface area contributed by atoms with E-state index in [0.717, 1.165) is 0 Å². The quantitative estimate of drug-likeness (QED) is 0.456. The monoisotopic (exact) mass is 173 g/mol. The number of carbonyl (C=O) groups is 1. The number of carboxylic acid groups (broad SMARTS) is 1. The molecule has 0 saturated heterocycles. The standard InChI is InChI=1S/C6H11N3O3/c1-6(7,8)4-2-3(5(10)11)9-12-4/h4H,2,7-8H2,1H3,(H,10,11). The van der Waals surface area contributed by atoms with Crippen LogP contribution in [0, 0.1) is 0 Å². The van der Waals surface area contributed by atoms with Gasteiger partial charge >= 0.3 is 5.97 Å². The Morgan fingerprint density at radius 2 is 2.42 bits per heavy atom. The molecular weight excluding hydrogens is 162 g/mol. The van der Waals surface area contributed by atoms with Gasteiger partial charge in [0.25, 0.3) is 0 Å². The van der Waals surface area contributed by atoms with E-state index in [-0.39, 0.29) is 12.1 Å². The fourth-order valence-corrected chi connectivity index (χ4v) is 0.837. The highest BCUT2D eigenvalue weighted by Crippen LogP contribution is 2.16. The molecule has 1 atom stereocenters. The van der Waals surface area contributed by atoms with Gasteiger partial charge in [-0.1, -0.05) is 5.16 Å². The maximum atomic E-state index is 10.4. The number of nitrogens with zero attached hydrogens (tertiary/aromatic N) is 1. The molecule has 0 bridgehead atoms. The third-order valence-corrected chi connectivity index (χ3v) is 1.61. The molecule has 1 rings (SSSR count). The molecule has 12 heavy (non-hydrogen) atoms. The molecule has 0 fully saturated rings. The Balaban J connectivity index is 2.59. The third-order valence-electron chi connectivity index (χ3n) is 1.61. The summed E-state index contributed by atoms with van der Waals surface area (Å²) in [5.74, 6) is -1.10. The summed E-state index contributed by atoms with van der Waals surface area (Å²) in [7, 11) is 0. The fraction of sp³-hybridized carbons (Fsp3) is 0.667. The Bertz CT molecular complexity index is 231. The highest BCUT2D eigenvalue weighted by atomic mass is 16.6. The molecule has 0 aromatic carbocycles. The predicted octanol–water partition coefficient (Wildman–Crippen LogP) is -1.15. The summed E-state index contributed by atoms with van der Waals surface area (Å²) >= 11 is 0. The molecule has 1 heterocycles. The van der Waals surface area contributed by atoms with Gasteiger partial charge in [-0.05, 0) is 6.92 Å². The summed E-state index contributed by atoms with van der Waals surface area (Å²) in [5.41, 5.74) is 9.88. The van der Waals surface area contributed by atoms with Crippen molar-refractivity contribution >= 4 is 11.7 Å². The maximum absolute atomic E-state index is 10.4. The van der Waals surface area contributed by atoms with E-state index in [2.05, 4.69) is 5.16 Å². The first-order valence-corrected chi connectivity index (χ1v) is 3.45. The zero-order valence-electron chi connectivity index (χ0n) is 6.65. The van der Waals surface area contributed by atoms with Crippen LogP contribution in [0.5, 0.6) is 0 Å². The lowest BCUT2D eigenvalue weighted by atomic mass is 10.0. The van der Waals surface area contributed by atoms with Crippen LogP contribution in [0.4, 0.5) is 0 Å². The second kappa shape index (κ2) is 2.72. The van der Waals surface area contributed by atoms with Crippen molar-refractivity contribution in [1.29, 1.82) is 0 Å². The van der Waals surface area contributed by atoms with E-state index in [4.69, 9.17) is 21.4 Å². The number of aliphatic carboxylic acids is 1. The van der Waals surface area contributed by atoms with Crippen LogP contribution >= 0.6 is 0 Å². The highest BCUT2D eigenvalue weighted by Gasteiger charge is 2.35. The van der Waals surface area contributed by atoms with Gasteiger partial charge in [0, 0.05) is 6.42 Å². The Morgan fingerprint density at radius 3 is 2.67 bits per heavy atom. The fourth-order valence-electron chi connectivity index (χ4n) is 0.837. The highest BCUT2D eigenvalue weighted by molar-refractivity contribution is 6.35. The van der Waals surface area contributed by atoms with Crippen molar-refractivity contribution in [2.75, 3.05) is 0 Å². The maximum Gasteiger partial charge on any atom is 0.353 e. The SMILES string of the molecule is CC(N)(N)C1CC(C(=O)O)=NO1. The van der Waals surface area contributed by atoms with Crippen molar-refractivity contribution in [2.24, 2.45) is 16.6 Å². The van der Waals surface area contributed by atoms with E-state index < -0.39 is 17.7 Å². The van der Waals surface area contributed by atoms with Crippen LogP contribution in [0.3, 0.4) is 0 Å². The van der Waals surface area contributed by atoms with Crippen LogP contribution in [0.15, 0.2) is 5.16 Å². The smallest absolute Gasteiger partial charge is 0.353 e. The molecule has 0 spiro atoms. The molecule has 68 valence electrons. The van der Waals surface area contributed by atoms with Crippen LogP contribution in [0.2, 0.25) is 0 Å². The van der Waals surface area contributed by atoms with Gasteiger partial charge in [-0.2, -0.15) is 0 Å². The van der Waals surface area contributed by atoms with Crippen molar-refractivity contribution in [3.8, 4) is 0 Å². The van der Waals surface area contributed by atoms with Crippen molar-refractivity contribution < 1.29 is 14.7 Å². The number of carboxylic acids is 1. The van der Waals surface area contributed by atoms with Crippen molar-refractivity contribution in [3.63, 3.8) is 0 Å². The Kier molecular flexibility index (Phi) is 2.03. The Labute approximate surface area is 69.2 Å². The zero-order valence-corrected chi connectivity index (χ0v) is 6.65. The molecule has 1 unspecified atom stereocenters. The van der Waals surface area contributed by atoms with Gasteiger partial charge in [-0.25, -0.2) is 4.79 Å². The summed E-state index contributed by atoms with van der Waals surface area (Å²) in [6.07, 6.45) is -0.401. The zero-order chi connectivity index (χ0) is 9.35. The molecular formula is C6H11N3O3. The van der Waals surface area contributed by atoms with E-state index >= 15 is 0 Å². The Hall–Kier alpha value is -1.14. The molecule has 0 radical (unpaired) electrons. The predicted molar refractivity (Wildman–Crippen MR) is 41.3 cm³/mol. The molecule has 1 aliphatic heterocycles. The minimum absolute atomic E-state index is 0.0397. The van der Waals surface area contributed by atoms with Crippen molar-refractivity contribution in [2.45, 2.75) is 25.1 Å². The van der Waals surface area contributed by atoms with Crippen LogP contribution in [-0.2, 0) is 9.63 Å².